The van der Waals surface area contributed by atoms with Crippen LogP contribution in [-0.2, 0) is 11.2 Å². The molecule has 0 aliphatic rings. The maximum atomic E-state index is 11.2. The molecule has 100 valence electrons. The number of rotatable bonds is 6. The first-order valence-electron chi connectivity index (χ1n) is 5.94. The number of phenolic OH excluding ortho intramolecular Hbond substituents is 1. The molecular weight excluding hydrogens is 234 g/mol. The normalized spacial score (nSPS) is 11.9. The summed E-state index contributed by atoms with van der Waals surface area (Å²) in [6.07, 6.45) is 1.07. The lowest BCUT2D eigenvalue weighted by Crippen LogP contribution is -2.33. The summed E-state index contributed by atoms with van der Waals surface area (Å²) < 4.78 is 4.70. The smallest absolute Gasteiger partial charge is 0.407 e. The van der Waals surface area contributed by atoms with Crippen LogP contribution in [0.1, 0.15) is 18.9 Å². The second-order valence-corrected chi connectivity index (χ2v) is 4.11. The zero-order valence-electron chi connectivity index (χ0n) is 10.4. The number of aliphatic hydroxyl groups excluding tert-OH is 1. The first-order chi connectivity index (χ1) is 8.61. The molecule has 0 aliphatic carbocycles. The van der Waals surface area contributed by atoms with Crippen molar-refractivity contribution >= 4 is 6.09 Å². The van der Waals surface area contributed by atoms with E-state index in [9.17, 15) is 4.79 Å². The van der Waals surface area contributed by atoms with Gasteiger partial charge in [0.05, 0.1) is 6.61 Å². The molecule has 18 heavy (non-hydrogen) atoms. The number of carbonyl (C=O) groups is 1. The van der Waals surface area contributed by atoms with Gasteiger partial charge >= 0.3 is 6.09 Å². The summed E-state index contributed by atoms with van der Waals surface area (Å²) in [7, 11) is 0. The Balaban J connectivity index is 2.26. The Labute approximate surface area is 106 Å². The van der Waals surface area contributed by atoms with Gasteiger partial charge in [0, 0.05) is 6.04 Å². The highest BCUT2D eigenvalue weighted by Gasteiger charge is 2.08. The lowest BCUT2D eigenvalue weighted by molar-refractivity contribution is 0.116. The van der Waals surface area contributed by atoms with E-state index in [2.05, 4.69) is 5.32 Å². The van der Waals surface area contributed by atoms with E-state index in [4.69, 9.17) is 14.9 Å². The number of aryl methyl sites for hydroxylation is 1. The van der Waals surface area contributed by atoms with Crippen LogP contribution in [0.15, 0.2) is 24.3 Å². The molecule has 5 nitrogen and oxygen atoms in total. The molecule has 0 heterocycles. The molecule has 5 heteroatoms. The average Bonchev–Trinajstić information content (AvgIpc) is 2.35. The van der Waals surface area contributed by atoms with Gasteiger partial charge in [-0.3, -0.25) is 0 Å². The molecule has 0 spiro atoms. The molecule has 1 aromatic rings. The van der Waals surface area contributed by atoms with Crippen molar-refractivity contribution in [2.45, 2.75) is 25.8 Å². The predicted octanol–water partition coefficient (Wildman–Crippen LogP) is 1.43. The topological polar surface area (TPSA) is 78.8 Å². The Morgan fingerprint density at radius 3 is 2.67 bits per heavy atom. The molecule has 0 saturated heterocycles. The summed E-state index contributed by atoms with van der Waals surface area (Å²) in [5.74, 6) is 0.248. The fraction of sp³-hybridized carbons (Fsp3) is 0.462. The van der Waals surface area contributed by atoms with Gasteiger partial charge in [-0.1, -0.05) is 12.1 Å². The van der Waals surface area contributed by atoms with Crippen molar-refractivity contribution in [1.82, 2.24) is 5.32 Å². The zero-order chi connectivity index (χ0) is 13.4. The van der Waals surface area contributed by atoms with E-state index in [-0.39, 0.29) is 25.0 Å². The molecule has 0 saturated carbocycles. The Hall–Kier alpha value is -1.75. The number of benzene rings is 1. The predicted molar refractivity (Wildman–Crippen MR) is 67.5 cm³/mol. The van der Waals surface area contributed by atoms with Gasteiger partial charge in [0.25, 0.3) is 0 Å². The van der Waals surface area contributed by atoms with Gasteiger partial charge in [0.2, 0.25) is 0 Å². The highest BCUT2D eigenvalue weighted by molar-refractivity contribution is 5.67. The van der Waals surface area contributed by atoms with Crippen molar-refractivity contribution in [3.05, 3.63) is 29.8 Å². The molecule has 0 bridgehead atoms. The third-order valence-corrected chi connectivity index (χ3v) is 2.49. The van der Waals surface area contributed by atoms with Gasteiger partial charge in [-0.15, -0.1) is 0 Å². The van der Waals surface area contributed by atoms with Crippen LogP contribution in [0.25, 0.3) is 0 Å². The molecule has 1 amide bonds. The number of aromatic hydroxyl groups is 1. The van der Waals surface area contributed by atoms with Gasteiger partial charge in [-0.2, -0.15) is 0 Å². The van der Waals surface area contributed by atoms with Gasteiger partial charge in [-0.25, -0.2) is 4.79 Å². The van der Waals surface area contributed by atoms with E-state index in [0.717, 1.165) is 18.4 Å². The molecule has 0 radical (unpaired) electrons. The minimum Gasteiger partial charge on any atom is -0.508 e. The number of nitrogens with one attached hydrogen (secondary N) is 1. The van der Waals surface area contributed by atoms with E-state index >= 15 is 0 Å². The Kier molecular flexibility index (Phi) is 6.00. The minimum atomic E-state index is -0.512. The maximum absolute atomic E-state index is 11.2. The van der Waals surface area contributed by atoms with Crippen molar-refractivity contribution in [3.63, 3.8) is 0 Å². The van der Waals surface area contributed by atoms with Gasteiger partial charge < -0.3 is 20.3 Å². The summed E-state index contributed by atoms with van der Waals surface area (Å²) in [5.41, 5.74) is 1.10. The number of phenols is 1. The van der Waals surface area contributed by atoms with Crippen LogP contribution < -0.4 is 5.32 Å². The number of hydrogen-bond donors (Lipinski definition) is 3. The summed E-state index contributed by atoms with van der Waals surface area (Å²) >= 11 is 0. The van der Waals surface area contributed by atoms with Crippen molar-refractivity contribution in [2.75, 3.05) is 13.2 Å². The van der Waals surface area contributed by atoms with Crippen molar-refractivity contribution in [1.29, 1.82) is 0 Å². The molecule has 0 aromatic heterocycles. The van der Waals surface area contributed by atoms with E-state index in [0.29, 0.717) is 0 Å². The SMILES string of the molecule is CC(CCc1ccc(O)cc1)NC(=O)OCCO. The summed E-state index contributed by atoms with van der Waals surface area (Å²) in [4.78, 5) is 11.2. The number of hydrogen-bond acceptors (Lipinski definition) is 4. The van der Waals surface area contributed by atoms with Crippen LogP contribution >= 0.6 is 0 Å². The third kappa shape index (κ3) is 5.54. The molecule has 1 aromatic carbocycles. The monoisotopic (exact) mass is 253 g/mol. The summed E-state index contributed by atoms with van der Waals surface area (Å²) in [6.45, 7) is 1.73. The van der Waals surface area contributed by atoms with E-state index < -0.39 is 6.09 Å². The quantitative estimate of drug-likeness (QED) is 0.716. The maximum Gasteiger partial charge on any atom is 0.407 e. The summed E-state index contributed by atoms with van der Waals surface area (Å²) in [6, 6.07) is 6.98. The lowest BCUT2D eigenvalue weighted by atomic mass is 10.1. The molecule has 0 fully saturated rings. The van der Waals surface area contributed by atoms with Gasteiger partial charge in [0.15, 0.2) is 0 Å². The first kappa shape index (κ1) is 14.3. The van der Waals surface area contributed by atoms with Crippen LogP contribution in [-0.4, -0.2) is 35.6 Å². The van der Waals surface area contributed by atoms with Crippen LogP contribution in [0, 0.1) is 0 Å². The van der Waals surface area contributed by atoms with Crippen molar-refractivity contribution in [3.8, 4) is 5.75 Å². The number of aliphatic hydroxyl groups is 1. The molecule has 1 unspecified atom stereocenters. The minimum absolute atomic E-state index is 0.00926. The van der Waals surface area contributed by atoms with Gasteiger partial charge in [-0.05, 0) is 37.5 Å². The van der Waals surface area contributed by atoms with Crippen LogP contribution in [0.2, 0.25) is 0 Å². The Morgan fingerprint density at radius 2 is 2.06 bits per heavy atom. The molecule has 3 N–H and O–H groups in total. The molecule has 1 rings (SSSR count). The first-order valence-corrected chi connectivity index (χ1v) is 5.94. The standard InChI is InChI=1S/C13H19NO4/c1-10(14-13(17)18-9-8-15)2-3-11-4-6-12(16)7-5-11/h4-7,10,15-16H,2-3,8-9H2,1H3,(H,14,17). The van der Waals surface area contributed by atoms with E-state index in [1.807, 2.05) is 19.1 Å². The number of carbonyl (C=O) groups excluding carboxylic acids is 1. The molecular formula is C13H19NO4. The van der Waals surface area contributed by atoms with Crippen LogP contribution in [0.4, 0.5) is 4.79 Å². The fourth-order valence-corrected chi connectivity index (χ4v) is 1.50. The number of amides is 1. The summed E-state index contributed by atoms with van der Waals surface area (Å²) in [5, 5.41) is 20.3. The number of alkyl carbamates (subject to hydrolysis) is 1. The number of ether oxygens (including phenoxy) is 1. The zero-order valence-corrected chi connectivity index (χ0v) is 10.4. The highest BCUT2D eigenvalue weighted by Crippen LogP contribution is 2.11. The highest BCUT2D eigenvalue weighted by atomic mass is 16.6. The lowest BCUT2D eigenvalue weighted by Gasteiger charge is -2.13. The van der Waals surface area contributed by atoms with Gasteiger partial charge in [0.1, 0.15) is 12.4 Å². The third-order valence-electron chi connectivity index (χ3n) is 2.49. The second kappa shape index (κ2) is 7.55. The van der Waals surface area contributed by atoms with Crippen LogP contribution in [0.3, 0.4) is 0 Å². The van der Waals surface area contributed by atoms with Crippen molar-refractivity contribution in [2.24, 2.45) is 0 Å². The van der Waals surface area contributed by atoms with Crippen molar-refractivity contribution < 1.29 is 19.7 Å². The van der Waals surface area contributed by atoms with E-state index in [1.165, 1.54) is 0 Å². The largest absolute Gasteiger partial charge is 0.508 e. The molecule has 1 atom stereocenters. The fourth-order valence-electron chi connectivity index (χ4n) is 1.50. The second-order valence-electron chi connectivity index (χ2n) is 4.11. The molecule has 0 aliphatic heterocycles. The Morgan fingerprint density at radius 1 is 1.39 bits per heavy atom. The van der Waals surface area contributed by atoms with E-state index in [1.54, 1.807) is 12.1 Å². The van der Waals surface area contributed by atoms with Crippen LogP contribution in [0.5, 0.6) is 5.75 Å². The Bertz CT molecular complexity index is 364. The average molecular weight is 253 g/mol.